The van der Waals surface area contributed by atoms with E-state index in [0.29, 0.717) is 5.92 Å². The van der Waals surface area contributed by atoms with Gasteiger partial charge in [-0.05, 0) is 67.6 Å². The second-order valence-electron chi connectivity index (χ2n) is 7.02. The zero-order valence-electron chi connectivity index (χ0n) is 12.7. The van der Waals surface area contributed by atoms with Crippen LogP contribution in [0.15, 0.2) is 18.2 Å². The Kier molecular flexibility index (Phi) is 4.43. The van der Waals surface area contributed by atoms with Crippen molar-refractivity contribution < 1.29 is 4.39 Å². The van der Waals surface area contributed by atoms with Gasteiger partial charge >= 0.3 is 0 Å². The summed E-state index contributed by atoms with van der Waals surface area (Å²) in [5, 5.41) is 0. The van der Waals surface area contributed by atoms with E-state index in [2.05, 4.69) is 6.07 Å². The van der Waals surface area contributed by atoms with Crippen molar-refractivity contribution in [3.8, 4) is 0 Å². The molecule has 0 radical (unpaired) electrons. The molecule has 0 aromatic heterocycles. The highest BCUT2D eigenvalue weighted by Crippen LogP contribution is 2.43. The Balaban J connectivity index is 1.58. The maximum Gasteiger partial charge on any atom is 0.126 e. The molecule has 0 aliphatic heterocycles. The van der Waals surface area contributed by atoms with Crippen molar-refractivity contribution in [3.63, 3.8) is 0 Å². The molecular formula is C19H27F. The quantitative estimate of drug-likeness (QED) is 0.621. The second kappa shape index (κ2) is 6.28. The Hall–Kier alpha value is -0.850. The first-order valence-corrected chi connectivity index (χ1v) is 8.50. The summed E-state index contributed by atoms with van der Waals surface area (Å²) in [6.45, 7) is 1.85. The van der Waals surface area contributed by atoms with Gasteiger partial charge in [0.05, 0.1) is 0 Å². The van der Waals surface area contributed by atoms with E-state index < -0.39 is 0 Å². The van der Waals surface area contributed by atoms with Gasteiger partial charge in [0.2, 0.25) is 0 Å². The van der Waals surface area contributed by atoms with Crippen molar-refractivity contribution in [2.75, 3.05) is 0 Å². The van der Waals surface area contributed by atoms with Gasteiger partial charge in [-0.2, -0.15) is 0 Å². The molecule has 2 aliphatic rings. The minimum Gasteiger partial charge on any atom is -0.207 e. The smallest absolute Gasteiger partial charge is 0.126 e. The van der Waals surface area contributed by atoms with Crippen LogP contribution >= 0.6 is 0 Å². The van der Waals surface area contributed by atoms with Crippen molar-refractivity contribution in [2.24, 2.45) is 11.8 Å². The fourth-order valence-electron chi connectivity index (χ4n) is 4.39. The van der Waals surface area contributed by atoms with E-state index >= 15 is 0 Å². The SMILES string of the molecule is Cc1ccc(C2CCC(C3CCCCC3)CC2)cc1F. The van der Waals surface area contributed by atoms with Gasteiger partial charge in [-0.25, -0.2) is 4.39 Å². The lowest BCUT2D eigenvalue weighted by atomic mass is 9.70. The molecule has 110 valence electrons. The van der Waals surface area contributed by atoms with Crippen LogP contribution in [0.2, 0.25) is 0 Å². The summed E-state index contributed by atoms with van der Waals surface area (Å²) in [7, 11) is 0. The molecular weight excluding hydrogens is 247 g/mol. The molecule has 0 saturated heterocycles. The standard InChI is InChI=1S/C19H27F/c1-14-7-8-18(13-19(14)20)17-11-9-16(10-12-17)15-5-3-2-4-6-15/h7-8,13,15-17H,2-6,9-12H2,1H3. The summed E-state index contributed by atoms with van der Waals surface area (Å²) >= 11 is 0. The van der Waals surface area contributed by atoms with Crippen LogP contribution in [0.5, 0.6) is 0 Å². The number of rotatable bonds is 2. The molecule has 2 fully saturated rings. The Morgan fingerprint density at radius 2 is 1.50 bits per heavy atom. The third-order valence-electron chi connectivity index (χ3n) is 5.76. The molecule has 0 nitrogen and oxygen atoms in total. The monoisotopic (exact) mass is 274 g/mol. The lowest BCUT2D eigenvalue weighted by Gasteiger charge is -2.36. The van der Waals surface area contributed by atoms with Gasteiger partial charge in [-0.15, -0.1) is 0 Å². The van der Waals surface area contributed by atoms with E-state index in [4.69, 9.17) is 0 Å². The summed E-state index contributed by atoms with van der Waals surface area (Å²) in [4.78, 5) is 0. The van der Waals surface area contributed by atoms with Gasteiger partial charge in [0.25, 0.3) is 0 Å². The maximum atomic E-state index is 13.7. The second-order valence-corrected chi connectivity index (χ2v) is 7.02. The highest BCUT2D eigenvalue weighted by molar-refractivity contribution is 5.26. The molecule has 1 heteroatoms. The minimum atomic E-state index is -0.0306. The molecule has 2 saturated carbocycles. The van der Waals surface area contributed by atoms with E-state index in [9.17, 15) is 4.39 Å². The van der Waals surface area contributed by atoms with Gasteiger partial charge in [-0.3, -0.25) is 0 Å². The fourth-order valence-corrected chi connectivity index (χ4v) is 4.39. The molecule has 0 bridgehead atoms. The minimum absolute atomic E-state index is 0.0306. The van der Waals surface area contributed by atoms with E-state index in [1.54, 1.807) is 6.07 Å². The average Bonchev–Trinajstić information content (AvgIpc) is 2.51. The van der Waals surface area contributed by atoms with E-state index in [1.165, 1.54) is 63.4 Å². The molecule has 0 atom stereocenters. The number of halogens is 1. The van der Waals surface area contributed by atoms with E-state index in [-0.39, 0.29) is 5.82 Å². The number of hydrogen-bond acceptors (Lipinski definition) is 0. The third-order valence-corrected chi connectivity index (χ3v) is 5.76. The van der Waals surface area contributed by atoms with Gasteiger partial charge in [0.1, 0.15) is 5.82 Å². The van der Waals surface area contributed by atoms with Crippen LogP contribution in [0, 0.1) is 24.6 Å². The Bertz CT molecular complexity index is 437. The average molecular weight is 274 g/mol. The highest BCUT2D eigenvalue weighted by atomic mass is 19.1. The van der Waals surface area contributed by atoms with Gasteiger partial charge < -0.3 is 0 Å². The maximum absolute atomic E-state index is 13.7. The van der Waals surface area contributed by atoms with Gasteiger partial charge in [0.15, 0.2) is 0 Å². The molecule has 0 heterocycles. The lowest BCUT2D eigenvalue weighted by Crippen LogP contribution is -2.23. The summed E-state index contributed by atoms with van der Waals surface area (Å²) in [5.74, 6) is 2.53. The van der Waals surface area contributed by atoms with Crippen LogP contribution in [0.1, 0.15) is 74.8 Å². The summed E-state index contributed by atoms with van der Waals surface area (Å²) < 4.78 is 13.7. The zero-order chi connectivity index (χ0) is 13.9. The van der Waals surface area contributed by atoms with Crippen molar-refractivity contribution in [3.05, 3.63) is 35.1 Å². The first-order chi connectivity index (χ1) is 9.74. The highest BCUT2D eigenvalue weighted by Gasteiger charge is 2.29. The largest absolute Gasteiger partial charge is 0.207 e. The molecule has 0 N–H and O–H groups in total. The lowest BCUT2D eigenvalue weighted by molar-refractivity contribution is 0.186. The van der Waals surface area contributed by atoms with Crippen LogP contribution in [0.4, 0.5) is 4.39 Å². The molecule has 3 rings (SSSR count). The van der Waals surface area contributed by atoms with Gasteiger partial charge in [-0.1, -0.05) is 44.2 Å². The van der Waals surface area contributed by atoms with Crippen molar-refractivity contribution in [2.45, 2.75) is 70.6 Å². The number of benzene rings is 1. The third kappa shape index (κ3) is 3.07. The first kappa shape index (κ1) is 14.1. The van der Waals surface area contributed by atoms with Crippen LogP contribution in [-0.4, -0.2) is 0 Å². The predicted octanol–water partition coefficient (Wildman–Crippen LogP) is 5.99. The molecule has 0 spiro atoms. The summed E-state index contributed by atoms with van der Waals surface area (Å²) in [6, 6.07) is 5.86. The normalized spacial score (nSPS) is 28.5. The Labute approximate surface area is 122 Å². The first-order valence-electron chi connectivity index (χ1n) is 8.50. The predicted molar refractivity (Wildman–Crippen MR) is 82.4 cm³/mol. The van der Waals surface area contributed by atoms with E-state index in [0.717, 1.165) is 17.4 Å². The van der Waals surface area contributed by atoms with Crippen molar-refractivity contribution in [1.82, 2.24) is 0 Å². The topological polar surface area (TPSA) is 0 Å². The van der Waals surface area contributed by atoms with Crippen molar-refractivity contribution >= 4 is 0 Å². The van der Waals surface area contributed by atoms with Crippen LogP contribution in [0.3, 0.4) is 0 Å². The van der Waals surface area contributed by atoms with Crippen LogP contribution in [0.25, 0.3) is 0 Å². The Morgan fingerprint density at radius 1 is 0.850 bits per heavy atom. The molecule has 1 aromatic rings. The molecule has 20 heavy (non-hydrogen) atoms. The summed E-state index contributed by atoms with van der Waals surface area (Å²) in [6.07, 6.45) is 12.6. The number of aryl methyl sites for hydroxylation is 1. The zero-order valence-corrected chi connectivity index (χ0v) is 12.7. The Morgan fingerprint density at radius 3 is 2.15 bits per heavy atom. The molecule has 1 aromatic carbocycles. The number of hydrogen-bond donors (Lipinski definition) is 0. The van der Waals surface area contributed by atoms with Crippen LogP contribution < -0.4 is 0 Å². The fraction of sp³-hybridized carbons (Fsp3) is 0.684. The molecule has 0 unspecified atom stereocenters. The van der Waals surface area contributed by atoms with Crippen LogP contribution in [-0.2, 0) is 0 Å². The summed E-state index contributed by atoms with van der Waals surface area (Å²) in [5.41, 5.74) is 2.00. The van der Waals surface area contributed by atoms with E-state index in [1.807, 2.05) is 13.0 Å². The molecule has 0 amide bonds. The molecule has 2 aliphatic carbocycles. The van der Waals surface area contributed by atoms with Gasteiger partial charge in [0, 0.05) is 0 Å². The van der Waals surface area contributed by atoms with Crippen molar-refractivity contribution in [1.29, 1.82) is 0 Å².